The third-order valence-corrected chi connectivity index (χ3v) is 4.19. The summed E-state index contributed by atoms with van der Waals surface area (Å²) >= 11 is 5.30. The summed E-state index contributed by atoms with van der Waals surface area (Å²) in [5, 5.41) is 11.6. The molecule has 0 fully saturated rings. The zero-order valence-corrected chi connectivity index (χ0v) is 15.2. The lowest BCUT2D eigenvalue weighted by Crippen LogP contribution is -2.08. The van der Waals surface area contributed by atoms with Crippen molar-refractivity contribution in [3.8, 4) is 0 Å². The van der Waals surface area contributed by atoms with Crippen LogP contribution >= 0.6 is 12.2 Å². The Labute approximate surface area is 152 Å². The average Bonchev–Trinajstić information content (AvgIpc) is 2.99. The summed E-state index contributed by atoms with van der Waals surface area (Å²) in [4.78, 5) is 2.06. The van der Waals surface area contributed by atoms with Gasteiger partial charge in [0.25, 0.3) is 0 Å². The highest BCUT2D eigenvalue weighted by atomic mass is 32.1. The Bertz CT molecular complexity index is 892. The third-order valence-electron chi connectivity index (χ3n) is 3.93. The van der Waals surface area contributed by atoms with Crippen LogP contribution in [0.4, 0.5) is 5.69 Å². The van der Waals surface area contributed by atoms with Crippen LogP contribution in [0.5, 0.6) is 0 Å². The summed E-state index contributed by atoms with van der Waals surface area (Å²) in [5.74, 6) is 0.829. The molecule has 2 aromatic carbocycles. The Morgan fingerprint density at radius 1 is 1.08 bits per heavy atom. The van der Waals surface area contributed by atoms with Crippen molar-refractivity contribution in [2.75, 3.05) is 19.0 Å². The van der Waals surface area contributed by atoms with Crippen LogP contribution < -0.4 is 4.90 Å². The van der Waals surface area contributed by atoms with Gasteiger partial charge in [0, 0.05) is 26.2 Å². The number of hydrogen-bond acceptors (Lipinski definition) is 4. The molecule has 25 heavy (non-hydrogen) atoms. The first kappa shape index (κ1) is 17.1. The number of nitrogens with one attached hydrogen (secondary N) is 1. The first-order valence-electron chi connectivity index (χ1n) is 8.15. The van der Waals surface area contributed by atoms with E-state index in [-0.39, 0.29) is 0 Å². The van der Waals surface area contributed by atoms with Gasteiger partial charge in [-0.2, -0.15) is 14.9 Å². The Balaban J connectivity index is 1.74. The van der Waals surface area contributed by atoms with Gasteiger partial charge in [-0.05, 0) is 41.9 Å². The zero-order chi connectivity index (χ0) is 17.6. The van der Waals surface area contributed by atoms with Crippen LogP contribution in [0, 0.1) is 4.77 Å². The van der Waals surface area contributed by atoms with Crippen molar-refractivity contribution in [1.29, 1.82) is 0 Å². The lowest BCUT2D eigenvalue weighted by atomic mass is 10.1. The number of hydrogen-bond donors (Lipinski definition) is 1. The van der Waals surface area contributed by atoms with Crippen molar-refractivity contribution in [2.45, 2.75) is 12.8 Å². The Morgan fingerprint density at radius 3 is 2.48 bits per heavy atom. The van der Waals surface area contributed by atoms with E-state index in [0.717, 1.165) is 29.9 Å². The number of H-pyrrole nitrogens is 1. The fourth-order valence-corrected chi connectivity index (χ4v) is 2.69. The minimum absolute atomic E-state index is 0.504. The molecule has 6 heteroatoms. The molecule has 1 N–H and O–H groups in total. The number of benzene rings is 2. The van der Waals surface area contributed by atoms with E-state index in [4.69, 9.17) is 12.2 Å². The molecule has 0 unspecified atom stereocenters. The smallest absolute Gasteiger partial charge is 0.216 e. The fraction of sp³-hybridized carbons (Fsp3) is 0.211. The molecule has 0 saturated heterocycles. The van der Waals surface area contributed by atoms with Gasteiger partial charge in [0.1, 0.15) is 0 Å². The van der Waals surface area contributed by atoms with Crippen molar-refractivity contribution in [3.63, 3.8) is 0 Å². The minimum atomic E-state index is 0.504. The molecule has 5 nitrogen and oxygen atoms in total. The predicted octanol–water partition coefficient (Wildman–Crippen LogP) is 3.67. The van der Waals surface area contributed by atoms with Gasteiger partial charge in [-0.1, -0.05) is 42.5 Å². The first-order chi connectivity index (χ1) is 12.1. The molecular weight excluding hydrogens is 330 g/mol. The number of aromatic amines is 1. The maximum Gasteiger partial charge on any atom is 0.216 e. The van der Waals surface area contributed by atoms with E-state index in [9.17, 15) is 0 Å². The normalized spacial score (nSPS) is 11.1. The lowest BCUT2D eigenvalue weighted by Gasteiger charge is -2.11. The average molecular weight is 351 g/mol. The second-order valence-electron chi connectivity index (χ2n) is 5.97. The quantitative estimate of drug-likeness (QED) is 0.544. The zero-order valence-electron chi connectivity index (χ0n) is 14.4. The molecular formula is C19H21N5S. The van der Waals surface area contributed by atoms with Crippen molar-refractivity contribution >= 4 is 24.1 Å². The van der Waals surface area contributed by atoms with E-state index >= 15 is 0 Å². The van der Waals surface area contributed by atoms with Crippen LogP contribution in [0.1, 0.15) is 17.0 Å². The van der Waals surface area contributed by atoms with Gasteiger partial charge in [0.05, 0.1) is 6.21 Å². The van der Waals surface area contributed by atoms with Gasteiger partial charge in [0.2, 0.25) is 4.77 Å². The van der Waals surface area contributed by atoms with Gasteiger partial charge in [-0.3, -0.25) is 5.10 Å². The molecule has 0 saturated carbocycles. The van der Waals surface area contributed by atoms with Gasteiger partial charge in [-0.15, -0.1) is 0 Å². The van der Waals surface area contributed by atoms with Gasteiger partial charge >= 0.3 is 0 Å². The fourth-order valence-electron chi connectivity index (χ4n) is 2.49. The maximum atomic E-state index is 5.30. The molecule has 1 heterocycles. The molecule has 3 rings (SSSR count). The van der Waals surface area contributed by atoms with Crippen LogP contribution in [0.2, 0.25) is 0 Å². The Kier molecular flexibility index (Phi) is 5.40. The molecule has 0 aliphatic carbocycles. The monoisotopic (exact) mass is 351 g/mol. The summed E-state index contributed by atoms with van der Waals surface area (Å²) in [5.41, 5.74) is 3.44. The predicted molar refractivity (Wildman–Crippen MR) is 105 cm³/mol. The highest BCUT2D eigenvalue weighted by Gasteiger charge is 2.05. The second kappa shape index (κ2) is 7.90. The second-order valence-corrected chi connectivity index (χ2v) is 6.36. The lowest BCUT2D eigenvalue weighted by molar-refractivity contribution is 0.750. The van der Waals surface area contributed by atoms with Gasteiger partial charge in [-0.25, -0.2) is 0 Å². The van der Waals surface area contributed by atoms with Crippen LogP contribution in [0.3, 0.4) is 0 Å². The SMILES string of the molecule is CN(C)c1ccc(/C=N\n2c(CCc3ccccc3)n[nH]c2=S)cc1. The molecule has 0 bridgehead atoms. The number of rotatable bonds is 6. The molecule has 3 aromatic rings. The summed E-state index contributed by atoms with van der Waals surface area (Å²) in [6.07, 6.45) is 3.47. The van der Waals surface area contributed by atoms with Gasteiger partial charge < -0.3 is 4.90 Å². The van der Waals surface area contributed by atoms with Crippen LogP contribution in [0.25, 0.3) is 0 Å². The van der Waals surface area contributed by atoms with E-state index in [1.807, 2.05) is 44.4 Å². The summed E-state index contributed by atoms with van der Waals surface area (Å²) in [6, 6.07) is 18.5. The van der Waals surface area contributed by atoms with Crippen LogP contribution in [-0.2, 0) is 12.8 Å². The molecule has 0 atom stereocenters. The van der Waals surface area contributed by atoms with Crippen molar-refractivity contribution in [1.82, 2.24) is 14.9 Å². The number of aromatic nitrogens is 3. The van der Waals surface area contributed by atoms with Gasteiger partial charge in [0.15, 0.2) is 5.82 Å². The molecule has 1 aromatic heterocycles. The van der Waals surface area contributed by atoms with Crippen molar-refractivity contribution < 1.29 is 0 Å². The highest BCUT2D eigenvalue weighted by Crippen LogP contribution is 2.11. The third kappa shape index (κ3) is 4.42. The molecule has 0 amide bonds. The molecule has 0 spiro atoms. The highest BCUT2D eigenvalue weighted by molar-refractivity contribution is 7.71. The molecule has 0 radical (unpaired) electrons. The van der Waals surface area contributed by atoms with E-state index < -0.39 is 0 Å². The van der Waals surface area contributed by atoms with E-state index in [1.54, 1.807) is 10.9 Å². The number of nitrogens with zero attached hydrogens (tertiary/aromatic N) is 4. The van der Waals surface area contributed by atoms with Crippen LogP contribution in [0.15, 0.2) is 59.7 Å². The molecule has 128 valence electrons. The number of anilines is 1. The van der Waals surface area contributed by atoms with Crippen molar-refractivity contribution in [3.05, 3.63) is 76.3 Å². The topological polar surface area (TPSA) is 49.2 Å². The maximum absolute atomic E-state index is 5.30. The molecule has 0 aliphatic heterocycles. The summed E-state index contributed by atoms with van der Waals surface area (Å²) < 4.78 is 2.20. The Hall–Kier alpha value is -2.73. The standard InChI is InChI=1S/C19H21N5S/c1-23(2)17-11-8-16(9-12-17)14-20-24-18(21-22-19(24)25)13-10-15-6-4-3-5-7-15/h3-9,11-12,14H,10,13H2,1-2H3,(H,22,25)/b20-14-. The van der Waals surface area contributed by atoms with Crippen molar-refractivity contribution in [2.24, 2.45) is 5.10 Å². The number of aryl methyl sites for hydroxylation is 2. The van der Waals surface area contributed by atoms with E-state index in [0.29, 0.717) is 4.77 Å². The van der Waals surface area contributed by atoms with Crippen LogP contribution in [-0.4, -0.2) is 35.2 Å². The first-order valence-corrected chi connectivity index (χ1v) is 8.56. The van der Waals surface area contributed by atoms with E-state index in [1.165, 1.54) is 5.56 Å². The molecule has 0 aliphatic rings. The largest absolute Gasteiger partial charge is 0.378 e. The summed E-state index contributed by atoms with van der Waals surface area (Å²) in [7, 11) is 4.04. The Morgan fingerprint density at radius 2 is 1.80 bits per heavy atom. The summed E-state index contributed by atoms with van der Waals surface area (Å²) in [6.45, 7) is 0. The minimum Gasteiger partial charge on any atom is -0.378 e. The van der Waals surface area contributed by atoms with E-state index in [2.05, 4.69) is 44.5 Å².